The van der Waals surface area contributed by atoms with Gasteiger partial charge in [0.05, 0.1) is 12.6 Å². The zero-order valence-electron chi connectivity index (χ0n) is 12.4. The molecule has 21 heavy (non-hydrogen) atoms. The number of ether oxygens (including phenoxy) is 1. The van der Waals surface area contributed by atoms with Crippen LogP contribution in [0.15, 0.2) is 12.4 Å². The molecule has 1 aliphatic rings. The number of imidazole rings is 1. The van der Waals surface area contributed by atoms with Crippen molar-refractivity contribution in [3.8, 4) is 6.01 Å². The van der Waals surface area contributed by atoms with Gasteiger partial charge in [-0.25, -0.2) is 4.98 Å². The fraction of sp³-hybridized carbons (Fsp3) is 0.538. The van der Waals surface area contributed by atoms with E-state index in [1.165, 1.54) is 0 Å². The molecule has 1 aliphatic heterocycles. The highest BCUT2D eigenvalue weighted by Gasteiger charge is 2.20. The van der Waals surface area contributed by atoms with E-state index in [4.69, 9.17) is 4.74 Å². The first kappa shape index (κ1) is 13.6. The molecule has 2 aromatic rings. The Bertz CT molecular complexity index is 625. The monoisotopic (exact) mass is 289 g/mol. The second-order valence-electron chi connectivity index (χ2n) is 5.12. The van der Waals surface area contributed by atoms with Crippen LogP contribution in [0.1, 0.15) is 19.7 Å². The maximum atomic E-state index is 5.59. The Hall–Kier alpha value is -2.38. The van der Waals surface area contributed by atoms with Crippen molar-refractivity contribution in [2.24, 2.45) is 0 Å². The van der Waals surface area contributed by atoms with E-state index in [0.29, 0.717) is 24.5 Å². The first-order valence-electron chi connectivity index (χ1n) is 7.01. The van der Waals surface area contributed by atoms with Crippen LogP contribution in [0.4, 0.5) is 11.9 Å². The lowest BCUT2D eigenvalue weighted by molar-refractivity contribution is 0.222. The van der Waals surface area contributed by atoms with Crippen molar-refractivity contribution < 1.29 is 4.74 Å². The summed E-state index contributed by atoms with van der Waals surface area (Å²) in [6.07, 6.45) is 3.83. The van der Waals surface area contributed by atoms with E-state index in [-0.39, 0.29) is 6.10 Å². The molecule has 0 unspecified atom stereocenters. The fourth-order valence-electron chi connectivity index (χ4n) is 2.21. The highest BCUT2D eigenvalue weighted by atomic mass is 16.5. The smallest absolute Gasteiger partial charge is 0.323 e. The molecule has 8 heteroatoms. The number of rotatable bonds is 4. The predicted molar refractivity (Wildman–Crippen MR) is 78.4 cm³/mol. The molecule has 0 aliphatic carbocycles. The highest BCUT2D eigenvalue weighted by Crippen LogP contribution is 2.20. The first-order chi connectivity index (χ1) is 10.2. The Balaban J connectivity index is 1.87. The van der Waals surface area contributed by atoms with Crippen LogP contribution in [0.2, 0.25) is 0 Å². The van der Waals surface area contributed by atoms with Gasteiger partial charge in [0.15, 0.2) is 0 Å². The van der Waals surface area contributed by atoms with E-state index in [9.17, 15) is 0 Å². The van der Waals surface area contributed by atoms with Crippen LogP contribution in [0.25, 0.3) is 0 Å². The van der Waals surface area contributed by atoms with Gasteiger partial charge >= 0.3 is 6.01 Å². The second-order valence-corrected chi connectivity index (χ2v) is 5.12. The summed E-state index contributed by atoms with van der Waals surface area (Å²) in [5.74, 6) is 2.13. The largest absolute Gasteiger partial charge is 0.461 e. The Labute approximate surface area is 123 Å². The van der Waals surface area contributed by atoms with Crippen LogP contribution >= 0.6 is 0 Å². The quantitative estimate of drug-likeness (QED) is 0.896. The third kappa shape index (κ3) is 2.88. The lowest BCUT2D eigenvalue weighted by Crippen LogP contribution is -2.35. The average molecular weight is 289 g/mol. The molecule has 0 bridgehead atoms. The zero-order chi connectivity index (χ0) is 14.8. The number of aromatic nitrogens is 5. The van der Waals surface area contributed by atoms with Crippen molar-refractivity contribution in [3.63, 3.8) is 0 Å². The molecule has 2 aromatic heterocycles. The number of anilines is 2. The third-order valence-electron chi connectivity index (χ3n) is 3.20. The second kappa shape index (κ2) is 5.55. The molecule has 0 saturated carbocycles. The van der Waals surface area contributed by atoms with Crippen molar-refractivity contribution in [1.29, 1.82) is 0 Å². The molecule has 0 radical (unpaired) electrons. The van der Waals surface area contributed by atoms with Gasteiger partial charge in [-0.15, -0.1) is 0 Å². The summed E-state index contributed by atoms with van der Waals surface area (Å²) in [7, 11) is 1.78. The van der Waals surface area contributed by atoms with Gasteiger partial charge in [-0.05, 0) is 13.8 Å². The van der Waals surface area contributed by atoms with E-state index in [0.717, 1.165) is 18.9 Å². The Morgan fingerprint density at radius 3 is 2.86 bits per heavy atom. The van der Waals surface area contributed by atoms with Gasteiger partial charge in [0.2, 0.25) is 11.9 Å². The van der Waals surface area contributed by atoms with Gasteiger partial charge < -0.3 is 19.5 Å². The summed E-state index contributed by atoms with van der Waals surface area (Å²) in [5.41, 5.74) is 0. The molecule has 0 atom stereocenters. The van der Waals surface area contributed by atoms with Crippen molar-refractivity contribution in [2.45, 2.75) is 33.0 Å². The van der Waals surface area contributed by atoms with E-state index < -0.39 is 0 Å². The van der Waals surface area contributed by atoms with Gasteiger partial charge in [0.25, 0.3) is 0 Å². The summed E-state index contributed by atoms with van der Waals surface area (Å²) in [5, 5.41) is 2.94. The lowest BCUT2D eigenvalue weighted by Gasteiger charge is -2.27. The number of nitrogens with one attached hydrogen (secondary N) is 1. The van der Waals surface area contributed by atoms with Crippen LogP contribution in [-0.4, -0.2) is 44.2 Å². The van der Waals surface area contributed by atoms with E-state index in [1.54, 1.807) is 7.05 Å². The average Bonchev–Trinajstić information content (AvgIpc) is 2.93. The van der Waals surface area contributed by atoms with E-state index in [2.05, 4.69) is 34.7 Å². The lowest BCUT2D eigenvalue weighted by atomic mass is 10.4. The van der Waals surface area contributed by atoms with Crippen LogP contribution in [0, 0.1) is 0 Å². The molecular formula is C13H19N7O. The fourth-order valence-corrected chi connectivity index (χ4v) is 2.21. The highest BCUT2D eigenvalue weighted by molar-refractivity contribution is 5.38. The maximum absolute atomic E-state index is 5.59. The Morgan fingerprint density at radius 2 is 2.10 bits per heavy atom. The Kier molecular flexibility index (Phi) is 3.59. The Morgan fingerprint density at radius 1 is 1.24 bits per heavy atom. The summed E-state index contributed by atoms with van der Waals surface area (Å²) in [6.45, 7) is 6.27. The molecule has 3 rings (SSSR count). The minimum absolute atomic E-state index is 0.0187. The minimum atomic E-state index is 0.0187. The zero-order valence-corrected chi connectivity index (χ0v) is 12.4. The molecule has 112 valence electrons. The summed E-state index contributed by atoms with van der Waals surface area (Å²) in [4.78, 5) is 19.5. The van der Waals surface area contributed by atoms with Gasteiger partial charge in [0.1, 0.15) is 5.82 Å². The number of hydrogen-bond acceptors (Lipinski definition) is 7. The van der Waals surface area contributed by atoms with Crippen molar-refractivity contribution in [2.75, 3.05) is 23.8 Å². The molecule has 1 N–H and O–H groups in total. The summed E-state index contributed by atoms with van der Waals surface area (Å²) >= 11 is 0. The van der Waals surface area contributed by atoms with Gasteiger partial charge in [-0.3, -0.25) is 0 Å². The molecule has 0 spiro atoms. The molecular weight excluding hydrogens is 270 g/mol. The van der Waals surface area contributed by atoms with Gasteiger partial charge in [-0.2, -0.15) is 15.0 Å². The maximum Gasteiger partial charge on any atom is 0.323 e. The first-order valence-corrected chi connectivity index (χ1v) is 7.01. The van der Waals surface area contributed by atoms with Crippen LogP contribution < -0.4 is 15.0 Å². The molecule has 0 fully saturated rings. The molecule has 0 amide bonds. The molecule has 3 heterocycles. The summed E-state index contributed by atoms with van der Waals surface area (Å²) < 4.78 is 7.73. The van der Waals surface area contributed by atoms with E-state index in [1.807, 2.05) is 26.2 Å². The number of fused-ring (bicyclic) bond motifs is 1. The predicted octanol–water partition coefficient (Wildman–Crippen LogP) is 0.917. The number of hydrogen-bond donors (Lipinski definition) is 1. The standard InChI is InChI=1S/C13H19N7O/c1-9(2)21-13-17-11(14-3)16-12(18-13)20-7-6-19-5-4-15-10(19)8-20/h4-5,9H,6-8H2,1-3H3,(H,14,16,17,18). The summed E-state index contributed by atoms with van der Waals surface area (Å²) in [6, 6.07) is 0.341. The van der Waals surface area contributed by atoms with Crippen LogP contribution in [0.3, 0.4) is 0 Å². The molecule has 0 saturated heterocycles. The minimum Gasteiger partial charge on any atom is -0.461 e. The third-order valence-corrected chi connectivity index (χ3v) is 3.20. The molecule has 0 aromatic carbocycles. The van der Waals surface area contributed by atoms with Crippen LogP contribution in [-0.2, 0) is 13.1 Å². The van der Waals surface area contributed by atoms with Crippen molar-refractivity contribution in [1.82, 2.24) is 24.5 Å². The van der Waals surface area contributed by atoms with Crippen LogP contribution in [0.5, 0.6) is 6.01 Å². The normalized spacial score (nSPS) is 14.2. The van der Waals surface area contributed by atoms with Gasteiger partial charge in [0, 0.05) is 32.5 Å². The topological polar surface area (TPSA) is 81.0 Å². The number of nitrogens with zero attached hydrogens (tertiary/aromatic N) is 6. The SMILES string of the molecule is CNc1nc(OC(C)C)nc(N2CCn3ccnc3C2)n1. The molecule has 8 nitrogen and oxygen atoms in total. The van der Waals surface area contributed by atoms with Crippen molar-refractivity contribution in [3.05, 3.63) is 18.2 Å². The van der Waals surface area contributed by atoms with E-state index >= 15 is 0 Å². The van der Waals surface area contributed by atoms with Gasteiger partial charge in [-0.1, -0.05) is 0 Å². The van der Waals surface area contributed by atoms with Crippen molar-refractivity contribution >= 4 is 11.9 Å².